The molecule has 5 rings (SSSR count). The Bertz CT molecular complexity index is 1150. The van der Waals surface area contributed by atoms with Gasteiger partial charge in [0.05, 0.1) is 11.6 Å². The third-order valence-corrected chi connectivity index (χ3v) is 5.83. The van der Waals surface area contributed by atoms with Crippen molar-refractivity contribution in [3.8, 4) is 17.2 Å². The molecule has 1 N–H and O–H groups in total. The molecule has 156 valence electrons. The molecule has 4 aromatic rings. The smallest absolute Gasteiger partial charge is 0.231 e. The SMILES string of the molecule is O=C(Nc1nc(-c2ccccn2)cs1)C1CCCN(c2ccc(-n3cncn3)nn2)C1. The fourth-order valence-corrected chi connectivity index (χ4v) is 4.21. The Labute approximate surface area is 182 Å². The molecule has 31 heavy (non-hydrogen) atoms. The van der Waals surface area contributed by atoms with E-state index in [1.165, 1.54) is 17.7 Å². The lowest BCUT2D eigenvalue weighted by Crippen LogP contribution is -2.41. The number of pyridine rings is 1. The normalized spacial score (nSPS) is 16.3. The van der Waals surface area contributed by atoms with Gasteiger partial charge in [-0.25, -0.2) is 14.6 Å². The van der Waals surface area contributed by atoms with Crippen molar-refractivity contribution in [1.82, 2.24) is 34.9 Å². The van der Waals surface area contributed by atoms with Gasteiger partial charge in [0.25, 0.3) is 0 Å². The maximum Gasteiger partial charge on any atom is 0.231 e. The van der Waals surface area contributed by atoms with Gasteiger partial charge < -0.3 is 10.2 Å². The summed E-state index contributed by atoms with van der Waals surface area (Å²) < 4.78 is 1.55. The zero-order chi connectivity index (χ0) is 21.0. The third kappa shape index (κ3) is 4.26. The highest BCUT2D eigenvalue weighted by Gasteiger charge is 2.27. The molecule has 0 aromatic carbocycles. The molecule has 0 radical (unpaired) electrons. The van der Waals surface area contributed by atoms with Crippen LogP contribution in [0.25, 0.3) is 17.2 Å². The standard InChI is InChI=1S/C20H19N9OS/c30-19(25-20-24-16(11-31-20)15-5-1-2-8-22-15)14-4-3-9-28(10-14)17-6-7-18(27-26-17)29-13-21-12-23-29/h1-2,5-8,11-14H,3-4,9-10H2,(H,24,25,30). The minimum absolute atomic E-state index is 0.0289. The van der Waals surface area contributed by atoms with Crippen molar-refractivity contribution < 1.29 is 4.79 Å². The van der Waals surface area contributed by atoms with Crippen LogP contribution in [0.1, 0.15) is 12.8 Å². The molecule has 11 heteroatoms. The number of amides is 1. The second-order valence-corrected chi connectivity index (χ2v) is 7.98. The average molecular weight is 434 g/mol. The molecule has 5 heterocycles. The van der Waals surface area contributed by atoms with E-state index < -0.39 is 0 Å². The maximum atomic E-state index is 12.9. The number of carbonyl (C=O) groups is 1. The fraction of sp³-hybridized carbons (Fsp3) is 0.250. The van der Waals surface area contributed by atoms with Crippen LogP contribution in [0.5, 0.6) is 0 Å². The molecule has 1 unspecified atom stereocenters. The topological polar surface area (TPSA) is 115 Å². The first kappa shape index (κ1) is 19.2. The molecule has 0 saturated carbocycles. The van der Waals surface area contributed by atoms with E-state index in [2.05, 4.69) is 40.5 Å². The molecule has 0 spiro atoms. The molecular formula is C20H19N9OS. The highest BCUT2D eigenvalue weighted by atomic mass is 32.1. The van der Waals surface area contributed by atoms with E-state index >= 15 is 0 Å². The lowest BCUT2D eigenvalue weighted by Gasteiger charge is -2.32. The summed E-state index contributed by atoms with van der Waals surface area (Å²) in [5.41, 5.74) is 1.55. The first-order valence-corrected chi connectivity index (χ1v) is 10.8. The molecule has 1 saturated heterocycles. The average Bonchev–Trinajstić information content (AvgIpc) is 3.53. The summed E-state index contributed by atoms with van der Waals surface area (Å²) in [6.07, 6.45) is 6.48. The number of nitrogens with one attached hydrogen (secondary N) is 1. The van der Waals surface area contributed by atoms with E-state index in [0.717, 1.165) is 36.6 Å². The lowest BCUT2D eigenvalue weighted by atomic mass is 9.97. The van der Waals surface area contributed by atoms with Crippen molar-refractivity contribution in [3.05, 3.63) is 54.6 Å². The van der Waals surface area contributed by atoms with Gasteiger partial charge in [-0.1, -0.05) is 6.07 Å². The zero-order valence-electron chi connectivity index (χ0n) is 16.5. The highest BCUT2D eigenvalue weighted by molar-refractivity contribution is 7.14. The number of rotatable bonds is 5. The second kappa shape index (κ2) is 8.56. The molecule has 0 aliphatic carbocycles. The molecule has 1 aliphatic heterocycles. The summed E-state index contributed by atoms with van der Waals surface area (Å²) in [6, 6.07) is 9.41. The summed E-state index contributed by atoms with van der Waals surface area (Å²) in [7, 11) is 0. The molecule has 1 amide bonds. The fourth-order valence-electron chi connectivity index (χ4n) is 3.51. The summed E-state index contributed by atoms with van der Waals surface area (Å²) in [5, 5.41) is 18.0. The van der Waals surface area contributed by atoms with Crippen LogP contribution in [0, 0.1) is 5.92 Å². The summed E-state index contributed by atoms with van der Waals surface area (Å²) in [5.74, 6) is 1.17. The van der Waals surface area contributed by atoms with E-state index in [9.17, 15) is 4.79 Å². The number of hydrogen-bond donors (Lipinski definition) is 1. The van der Waals surface area contributed by atoms with E-state index in [4.69, 9.17) is 0 Å². The molecule has 4 aromatic heterocycles. The molecule has 10 nitrogen and oxygen atoms in total. The molecule has 1 fully saturated rings. The van der Waals surface area contributed by atoms with Gasteiger partial charge in [-0.15, -0.1) is 21.5 Å². The Hall–Kier alpha value is -3.73. The van der Waals surface area contributed by atoms with Gasteiger partial charge in [0.15, 0.2) is 16.8 Å². The van der Waals surface area contributed by atoms with Crippen LogP contribution in [0.4, 0.5) is 10.9 Å². The van der Waals surface area contributed by atoms with Gasteiger partial charge in [0.2, 0.25) is 5.91 Å². The molecule has 0 bridgehead atoms. The Kier molecular flexibility index (Phi) is 5.31. The van der Waals surface area contributed by atoms with Gasteiger partial charge in [0, 0.05) is 24.7 Å². The minimum Gasteiger partial charge on any atom is -0.354 e. The Morgan fingerprint density at radius 2 is 2.03 bits per heavy atom. The van der Waals surface area contributed by atoms with Crippen LogP contribution in [0.15, 0.2) is 54.6 Å². The van der Waals surface area contributed by atoms with Crippen molar-refractivity contribution >= 4 is 28.2 Å². The number of thiazole rings is 1. The lowest BCUT2D eigenvalue weighted by molar-refractivity contribution is -0.120. The number of nitrogens with zero attached hydrogens (tertiary/aromatic N) is 8. The van der Waals surface area contributed by atoms with E-state index in [1.54, 1.807) is 17.2 Å². The number of anilines is 2. The van der Waals surface area contributed by atoms with Crippen molar-refractivity contribution in [3.63, 3.8) is 0 Å². The van der Waals surface area contributed by atoms with Gasteiger partial charge in [-0.2, -0.15) is 5.10 Å². The van der Waals surface area contributed by atoms with Gasteiger partial charge in [-0.3, -0.25) is 9.78 Å². The van der Waals surface area contributed by atoms with Crippen LogP contribution in [0.2, 0.25) is 0 Å². The Balaban J connectivity index is 1.23. The Morgan fingerprint density at radius 1 is 1.13 bits per heavy atom. The summed E-state index contributed by atoms with van der Waals surface area (Å²) in [4.78, 5) is 27.7. The predicted octanol–water partition coefficient (Wildman–Crippen LogP) is 2.43. The highest BCUT2D eigenvalue weighted by Crippen LogP contribution is 2.26. The molecule has 1 aliphatic rings. The third-order valence-electron chi connectivity index (χ3n) is 5.07. The van der Waals surface area contributed by atoms with Crippen LogP contribution in [0.3, 0.4) is 0 Å². The minimum atomic E-state index is -0.146. The summed E-state index contributed by atoms with van der Waals surface area (Å²) >= 11 is 1.40. The van der Waals surface area contributed by atoms with E-state index in [0.29, 0.717) is 17.5 Å². The van der Waals surface area contributed by atoms with Gasteiger partial charge in [0.1, 0.15) is 18.3 Å². The van der Waals surface area contributed by atoms with Gasteiger partial charge >= 0.3 is 0 Å². The quantitative estimate of drug-likeness (QED) is 0.510. The second-order valence-electron chi connectivity index (χ2n) is 7.12. The van der Waals surface area contributed by atoms with Crippen molar-refractivity contribution in [2.45, 2.75) is 12.8 Å². The van der Waals surface area contributed by atoms with Crippen molar-refractivity contribution in [2.75, 3.05) is 23.3 Å². The van der Waals surface area contributed by atoms with E-state index in [-0.39, 0.29) is 11.8 Å². The largest absolute Gasteiger partial charge is 0.354 e. The van der Waals surface area contributed by atoms with Gasteiger partial charge in [-0.05, 0) is 37.1 Å². The van der Waals surface area contributed by atoms with Crippen LogP contribution < -0.4 is 10.2 Å². The van der Waals surface area contributed by atoms with Crippen molar-refractivity contribution in [1.29, 1.82) is 0 Å². The first-order valence-electron chi connectivity index (χ1n) is 9.88. The van der Waals surface area contributed by atoms with Crippen LogP contribution >= 0.6 is 11.3 Å². The number of hydrogen-bond acceptors (Lipinski definition) is 9. The summed E-state index contributed by atoms with van der Waals surface area (Å²) in [6.45, 7) is 1.42. The number of carbonyl (C=O) groups excluding carboxylic acids is 1. The predicted molar refractivity (Wildman–Crippen MR) is 116 cm³/mol. The number of aromatic nitrogens is 7. The zero-order valence-corrected chi connectivity index (χ0v) is 17.3. The Morgan fingerprint density at radius 3 is 2.81 bits per heavy atom. The molecular weight excluding hydrogens is 414 g/mol. The van der Waals surface area contributed by atoms with Crippen LogP contribution in [-0.2, 0) is 4.79 Å². The monoisotopic (exact) mass is 433 g/mol. The maximum absolute atomic E-state index is 12.9. The first-order chi connectivity index (χ1) is 15.3. The van der Waals surface area contributed by atoms with E-state index in [1.807, 2.05) is 35.7 Å². The van der Waals surface area contributed by atoms with Crippen molar-refractivity contribution in [2.24, 2.45) is 5.92 Å². The number of piperidine rings is 1. The van der Waals surface area contributed by atoms with Crippen LogP contribution in [-0.4, -0.2) is 53.9 Å². The molecule has 1 atom stereocenters.